The van der Waals surface area contributed by atoms with Gasteiger partial charge in [-0.3, -0.25) is 4.79 Å². The maximum atomic E-state index is 11.6. The molecule has 0 aromatic rings. The Kier molecular flexibility index (Phi) is 2.96. The lowest BCUT2D eigenvalue weighted by atomic mass is 10.1. The average Bonchev–Trinajstić information content (AvgIpc) is 2.30. The largest absolute Gasteiger partial charge is 0.336 e. The molecule has 1 aliphatic heterocycles. The fraction of sp³-hybridized carbons (Fsp3) is 0.900. The Morgan fingerprint density at radius 2 is 2.15 bits per heavy atom. The summed E-state index contributed by atoms with van der Waals surface area (Å²) in [5, 5.41) is 3.31. The van der Waals surface area contributed by atoms with Crippen molar-refractivity contribution in [2.45, 2.75) is 45.7 Å². The van der Waals surface area contributed by atoms with E-state index in [0.717, 1.165) is 13.1 Å². The van der Waals surface area contributed by atoms with Crippen LogP contribution in [0.15, 0.2) is 0 Å². The van der Waals surface area contributed by atoms with Crippen LogP contribution in [0.3, 0.4) is 0 Å². The maximum Gasteiger partial charge on any atom is 0.224 e. The minimum Gasteiger partial charge on any atom is -0.336 e. The lowest BCUT2D eigenvalue weighted by Gasteiger charge is -2.32. The molecule has 1 N–H and O–H groups in total. The van der Waals surface area contributed by atoms with Gasteiger partial charge in [0.1, 0.15) is 0 Å². The lowest BCUT2D eigenvalue weighted by molar-refractivity contribution is -0.131. The van der Waals surface area contributed by atoms with E-state index >= 15 is 0 Å². The van der Waals surface area contributed by atoms with Gasteiger partial charge in [-0.05, 0) is 27.3 Å². The van der Waals surface area contributed by atoms with Crippen LogP contribution in [0.4, 0.5) is 0 Å². The van der Waals surface area contributed by atoms with Crippen LogP contribution < -0.4 is 5.32 Å². The standard InChI is InChI=1S/C10H20N2O/c1-5-11-8-6-9(13)12(7-8)10(2,3)4/h8,11H,5-7H2,1-4H3. The van der Waals surface area contributed by atoms with Gasteiger partial charge in [-0.15, -0.1) is 0 Å². The lowest BCUT2D eigenvalue weighted by Crippen LogP contribution is -2.43. The molecule has 76 valence electrons. The Bertz CT molecular complexity index is 196. The summed E-state index contributed by atoms with van der Waals surface area (Å²) >= 11 is 0. The highest BCUT2D eigenvalue weighted by molar-refractivity contribution is 5.80. The molecule has 0 aromatic heterocycles. The summed E-state index contributed by atoms with van der Waals surface area (Å²) in [6.07, 6.45) is 0.658. The van der Waals surface area contributed by atoms with E-state index in [1.165, 1.54) is 0 Å². The molecule has 0 bridgehead atoms. The van der Waals surface area contributed by atoms with Crippen molar-refractivity contribution in [3.05, 3.63) is 0 Å². The second kappa shape index (κ2) is 3.66. The molecule has 1 heterocycles. The van der Waals surface area contributed by atoms with Gasteiger partial charge in [-0.2, -0.15) is 0 Å². The van der Waals surface area contributed by atoms with E-state index in [-0.39, 0.29) is 11.4 Å². The molecule has 3 nitrogen and oxygen atoms in total. The van der Waals surface area contributed by atoms with Gasteiger partial charge in [0.2, 0.25) is 5.91 Å². The van der Waals surface area contributed by atoms with Crippen LogP contribution in [0.25, 0.3) is 0 Å². The molecule has 0 saturated carbocycles. The summed E-state index contributed by atoms with van der Waals surface area (Å²) < 4.78 is 0. The zero-order valence-electron chi connectivity index (χ0n) is 9.05. The Balaban J connectivity index is 2.57. The van der Waals surface area contributed by atoms with Crippen molar-refractivity contribution in [1.29, 1.82) is 0 Å². The number of nitrogens with one attached hydrogen (secondary N) is 1. The van der Waals surface area contributed by atoms with Gasteiger partial charge in [-0.25, -0.2) is 0 Å². The second-order valence-corrected chi connectivity index (χ2v) is 4.63. The van der Waals surface area contributed by atoms with E-state index in [1.54, 1.807) is 0 Å². The number of amides is 1. The minimum absolute atomic E-state index is 0.0265. The first-order chi connectivity index (χ1) is 5.95. The number of likely N-dealkylation sites (N-methyl/N-ethyl adjacent to an activating group) is 1. The van der Waals surface area contributed by atoms with Crippen molar-refractivity contribution >= 4 is 5.91 Å². The zero-order chi connectivity index (χ0) is 10.1. The summed E-state index contributed by atoms with van der Waals surface area (Å²) in [5.41, 5.74) is -0.0265. The van der Waals surface area contributed by atoms with Crippen molar-refractivity contribution in [3.8, 4) is 0 Å². The first kappa shape index (κ1) is 10.5. The number of nitrogens with zero attached hydrogens (tertiary/aromatic N) is 1. The highest BCUT2D eigenvalue weighted by Gasteiger charge is 2.35. The average molecular weight is 184 g/mol. The van der Waals surface area contributed by atoms with Crippen molar-refractivity contribution in [2.75, 3.05) is 13.1 Å². The number of hydrogen-bond donors (Lipinski definition) is 1. The van der Waals surface area contributed by atoms with Gasteiger partial charge >= 0.3 is 0 Å². The predicted octanol–water partition coefficient (Wildman–Crippen LogP) is 0.995. The van der Waals surface area contributed by atoms with Crippen molar-refractivity contribution in [2.24, 2.45) is 0 Å². The van der Waals surface area contributed by atoms with E-state index in [9.17, 15) is 4.79 Å². The molecule has 1 aliphatic rings. The van der Waals surface area contributed by atoms with Gasteiger partial charge in [0, 0.05) is 24.5 Å². The first-order valence-corrected chi connectivity index (χ1v) is 4.99. The Morgan fingerprint density at radius 1 is 1.54 bits per heavy atom. The van der Waals surface area contributed by atoms with Crippen LogP contribution in [0.5, 0.6) is 0 Å². The normalized spacial score (nSPS) is 24.2. The number of carbonyl (C=O) groups is 1. The molecule has 0 aliphatic carbocycles. The fourth-order valence-corrected chi connectivity index (χ4v) is 1.78. The molecule has 0 radical (unpaired) electrons. The van der Waals surface area contributed by atoms with Crippen LogP contribution in [0.2, 0.25) is 0 Å². The molecule has 1 atom stereocenters. The fourth-order valence-electron chi connectivity index (χ4n) is 1.78. The quantitative estimate of drug-likeness (QED) is 0.694. The molecule has 1 fully saturated rings. The molecular weight excluding hydrogens is 164 g/mol. The number of likely N-dealkylation sites (tertiary alicyclic amines) is 1. The molecule has 0 spiro atoms. The van der Waals surface area contributed by atoms with E-state index in [0.29, 0.717) is 12.5 Å². The van der Waals surface area contributed by atoms with Crippen LogP contribution in [-0.2, 0) is 4.79 Å². The van der Waals surface area contributed by atoms with Gasteiger partial charge in [-0.1, -0.05) is 6.92 Å². The summed E-state index contributed by atoms with van der Waals surface area (Å²) in [6, 6.07) is 0.358. The van der Waals surface area contributed by atoms with E-state index in [1.807, 2.05) is 4.90 Å². The minimum atomic E-state index is -0.0265. The van der Waals surface area contributed by atoms with Crippen molar-refractivity contribution < 1.29 is 4.79 Å². The Labute approximate surface area is 80.5 Å². The molecule has 1 amide bonds. The van der Waals surface area contributed by atoms with Crippen LogP contribution in [0.1, 0.15) is 34.1 Å². The monoisotopic (exact) mass is 184 g/mol. The number of hydrogen-bond acceptors (Lipinski definition) is 2. The van der Waals surface area contributed by atoms with Crippen LogP contribution >= 0.6 is 0 Å². The first-order valence-electron chi connectivity index (χ1n) is 4.99. The van der Waals surface area contributed by atoms with Gasteiger partial charge in [0.15, 0.2) is 0 Å². The molecule has 13 heavy (non-hydrogen) atoms. The highest BCUT2D eigenvalue weighted by atomic mass is 16.2. The third-order valence-electron chi connectivity index (χ3n) is 2.43. The molecule has 1 rings (SSSR count). The van der Waals surface area contributed by atoms with E-state index < -0.39 is 0 Å². The topological polar surface area (TPSA) is 32.3 Å². The zero-order valence-corrected chi connectivity index (χ0v) is 9.05. The van der Waals surface area contributed by atoms with E-state index in [2.05, 4.69) is 33.0 Å². The molecule has 3 heteroatoms. The van der Waals surface area contributed by atoms with Gasteiger partial charge in [0.05, 0.1) is 0 Å². The molecule has 1 saturated heterocycles. The van der Waals surface area contributed by atoms with Crippen LogP contribution in [-0.4, -0.2) is 35.5 Å². The molecule has 0 aromatic carbocycles. The van der Waals surface area contributed by atoms with Gasteiger partial charge < -0.3 is 10.2 Å². The van der Waals surface area contributed by atoms with E-state index in [4.69, 9.17) is 0 Å². The Hall–Kier alpha value is -0.570. The highest BCUT2D eigenvalue weighted by Crippen LogP contribution is 2.21. The molecule has 1 unspecified atom stereocenters. The predicted molar refractivity (Wildman–Crippen MR) is 53.5 cm³/mol. The SMILES string of the molecule is CCNC1CC(=O)N(C(C)(C)C)C1. The third-order valence-corrected chi connectivity index (χ3v) is 2.43. The van der Waals surface area contributed by atoms with Gasteiger partial charge in [0.25, 0.3) is 0 Å². The molecular formula is C10H20N2O. The Morgan fingerprint density at radius 3 is 2.54 bits per heavy atom. The maximum absolute atomic E-state index is 11.6. The van der Waals surface area contributed by atoms with Crippen molar-refractivity contribution in [1.82, 2.24) is 10.2 Å². The number of carbonyl (C=O) groups excluding carboxylic acids is 1. The third kappa shape index (κ3) is 2.44. The van der Waals surface area contributed by atoms with Crippen LogP contribution in [0, 0.1) is 0 Å². The second-order valence-electron chi connectivity index (χ2n) is 4.63. The van der Waals surface area contributed by atoms with Crippen molar-refractivity contribution in [3.63, 3.8) is 0 Å². The summed E-state index contributed by atoms with van der Waals surface area (Å²) in [5.74, 6) is 0.276. The summed E-state index contributed by atoms with van der Waals surface area (Å²) in [7, 11) is 0. The smallest absolute Gasteiger partial charge is 0.224 e. The number of rotatable bonds is 2. The summed E-state index contributed by atoms with van der Waals surface area (Å²) in [6.45, 7) is 10.1. The summed E-state index contributed by atoms with van der Waals surface area (Å²) in [4.78, 5) is 13.6.